The topological polar surface area (TPSA) is 59.1 Å². The molecule has 1 N–H and O–H groups in total. The lowest BCUT2D eigenvalue weighted by Crippen LogP contribution is -2.27. The number of aromatic nitrogens is 1. The molecule has 1 aromatic heterocycles. The SMILES string of the molecule is CC(=O)C1=C(C)NC2=C(C(=O)c3ccccc32)C1c1cccnc1. The zero-order valence-corrected chi connectivity index (χ0v) is 13.5. The average molecular weight is 316 g/mol. The minimum atomic E-state index is -0.382. The summed E-state index contributed by atoms with van der Waals surface area (Å²) in [6.45, 7) is 3.43. The summed E-state index contributed by atoms with van der Waals surface area (Å²) in [5.74, 6) is -0.440. The summed E-state index contributed by atoms with van der Waals surface area (Å²) in [6, 6.07) is 11.3. The lowest BCUT2D eigenvalue weighted by atomic mass is 9.79. The van der Waals surface area contributed by atoms with Crippen LogP contribution in [0.5, 0.6) is 0 Å². The van der Waals surface area contributed by atoms with Gasteiger partial charge >= 0.3 is 0 Å². The minimum Gasteiger partial charge on any atom is -0.358 e. The highest BCUT2D eigenvalue weighted by Gasteiger charge is 2.41. The van der Waals surface area contributed by atoms with Crippen molar-refractivity contribution >= 4 is 17.3 Å². The number of carbonyl (C=O) groups excluding carboxylic acids is 2. The number of benzene rings is 1. The van der Waals surface area contributed by atoms with Crippen LogP contribution in [0.15, 0.2) is 65.6 Å². The Hall–Kier alpha value is -3.01. The van der Waals surface area contributed by atoms with Crippen LogP contribution < -0.4 is 5.32 Å². The van der Waals surface area contributed by atoms with E-state index in [0.29, 0.717) is 16.7 Å². The average Bonchev–Trinajstić information content (AvgIpc) is 2.87. The molecule has 118 valence electrons. The molecule has 1 atom stereocenters. The van der Waals surface area contributed by atoms with Gasteiger partial charge in [0.25, 0.3) is 0 Å². The first-order valence-electron chi connectivity index (χ1n) is 7.86. The maximum atomic E-state index is 13.0. The van der Waals surface area contributed by atoms with Crippen LogP contribution in [0, 0.1) is 0 Å². The highest BCUT2D eigenvalue weighted by atomic mass is 16.1. The van der Waals surface area contributed by atoms with Crippen LogP contribution in [-0.4, -0.2) is 16.6 Å². The van der Waals surface area contributed by atoms with E-state index >= 15 is 0 Å². The van der Waals surface area contributed by atoms with Crippen molar-refractivity contribution in [1.82, 2.24) is 10.3 Å². The molecular formula is C20H16N2O2. The molecule has 0 saturated carbocycles. The largest absolute Gasteiger partial charge is 0.358 e. The highest BCUT2D eigenvalue weighted by Crippen LogP contribution is 2.46. The van der Waals surface area contributed by atoms with Crippen LogP contribution in [0.3, 0.4) is 0 Å². The highest BCUT2D eigenvalue weighted by molar-refractivity contribution is 6.23. The second kappa shape index (κ2) is 5.27. The first kappa shape index (κ1) is 14.6. The molecule has 4 nitrogen and oxygen atoms in total. The lowest BCUT2D eigenvalue weighted by molar-refractivity contribution is -0.113. The number of allylic oxidation sites excluding steroid dienone is 3. The number of Topliss-reactive ketones (excluding diaryl/α,β-unsaturated/α-hetero) is 2. The zero-order valence-electron chi connectivity index (χ0n) is 13.5. The van der Waals surface area contributed by atoms with E-state index in [-0.39, 0.29) is 17.5 Å². The molecule has 2 heterocycles. The molecule has 1 aromatic carbocycles. The number of dihydropyridines is 1. The third kappa shape index (κ3) is 1.96. The van der Waals surface area contributed by atoms with Gasteiger partial charge < -0.3 is 5.32 Å². The molecule has 1 unspecified atom stereocenters. The third-order valence-electron chi connectivity index (χ3n) is 4.65. The first-order valence-corrected chi connectivity index (χ1v) is 7.86. The van der Waals surface area contributed by atoms with E-state index in [0.717, 1.165) is 22.5 Å². The number of hydrogen-bond acceptors (Lipinski definition) is 4. The fourth-order valence-electron chi connectivity index (χ4n) is 3.68. The van der Waals surface area contributed by atoms with Crippen molar-refractivity contribution in [2.24, 2.45) is 0 Å². The Morgan fingerprint density at radius 3 is 2.54 bits per heavy atom. The maximum absolute atomic E-state index is 13.0. The Morgan fingerprint density at radius 2 is 1.88 bits per heavy atom. The van der Waals surface area contributed by atoms with Gasteiger partial charge in [-0.05, 0) is 25.5 Å². The molecule has 2 aliphatic rings. The second-order valence-electron chi connectivity index (χ2n) is 6.10. The standard InChI is InChI=1S/C20H16N2O2/c1-11-16(12(2)23)17(13-6-5-9-21-10-13)18-19(22-11)14-7-3-4-8-15(14)20(18)24/h3-10,17,22H,1-2H3. The van der Waals surface area contributed by atoms with Gasteiger partial charge in [-0.1, -0.05) is 30.3 Å². The molecule has 0 spiro atoms. The molecule has 0 radical (unpaired) electrons. The summed E-state index contributed by atoms with van der Waals surface area (Å²) in [5, 5.41) is 3.29. The molecule has 0 saturated heterocycles. The summed E-state index contributed by atoms with van der Waals surface area (Å²) in [4.78, 5) is 29.5. The smallest absolute Gasteiger partial charge is 0.192 e. The van der Waals surface area contributed by atoms with Crippen molar-refractivity contribution in [3.05, 3.63) is 82.3 Å². The second-order valence-corrected chi connectivity index (χ2v) is 6.10. The van der Waals surface area contributed by atoms with Crippen LogP contribution in [-0.2, 0) is 4.79 Å². The van der Waals surface area contributed by atoms with Crippen LogP contribution in [0.25, 0.3) is 5.70 Å². The predicted octanol–water partition coefficient (Wildman–Crippen LogP) is 3.24. The Labute approximate surface area is 139 Å². The minimum absolute atomic E-state index is 0.0202. The van der Waals surface area contributed by atoms with Gasteiger partial charge in [0, 0.05) is 46.3 Å². The molecule has 4 heteroatoms. The van der Waals surface area contributed by atoms with Crippen molar-refractivity contribution in [3.8, 4) is 0 Å². The number of fused-ring (bicyclic) bond motifs is 2. The van der Waals surface area contributed by atoms with E-state index in [1.165, 1.54) is 0 Å². The number of nitrogens with zero attached hydrogens (tertiary/aromatic N) is 1. The summed E-state index contributed by atoms with van der Waals surface area (Å²) in [7, 11) is 0. The van der Waals surface area contributed by atoms with Gasteiger partial charge in [-0.15, -0.1) is 0 Å². The number of hydrogen-bond donors (Lipinski definition) is 1. The number of ketones is 2. The van der Waals surface area contributed by atoms with Crippen LogP contribution in [0.4, 0.5) is 0 Å². The van der Waals surface area contributed by atoms with E-state index < -0.39 is 0 Å². The molecule has 1 aliphatic carbocycles. The predicted molar refractivity (Wildman–Crippen MR) is 91.2 cm³/mol. The summed E-state index contributed by atoms with van der Waals surface area (Å²) >= 11 is 0. The van der Waals surface area contributed by atoms with Gasteiger partial charge in [0.2, 0.25) is 0 Å². The van der Waals surface area contributed by atoms with Crippen LogP contribution in [0.1, 0.15) is 41.3 Å². The Bertz CT molecular complexity index is 939. The molecule has 0 amide bonds. The van der Waals surface area contributed by atoms with E-state index in [2.05, 4.69) is 10.3 Å². The zero-order chi connectivity index (χ0) is 16.8. The van der Waals surface area contributed by atoms with E-state index in [9.17, 15) is 9.59 Å². The quantitative estimate of drug-likeness (QED) is 0.924. The number of carbonyl (C=O) groups is 2. The van der Waals surface area contributed by atoms with Gasteiger partial charge in [-0.3, -0.25) is 14.6 Å². The van der Waals surface area contributed by atoms with Crippen molar-refractivity contribution in [2.45, 2.75) is 19.8 Å². The Kier molecular flexibility index (Phi) is 3.20. The van der Waals surface area contributed by atoms with Crippen molar-refractivity contribution in [2.75, 3.05) is 0 Å². The molecular weight excluding hydrogens is 300 g/mol. The lowest BCUT2D eigenvalue weighted by Gasteiger charge is -2.29. The van der Waals surface area contributed by atoms with Crippen molar-refractivity contribution < 1.29 is 9.59 Å². The van der Waals surface area contributed by atoms with Crippen molar-refractivity contribution in [1.29, 1.82) is 0 Å². The van der Waals surface area contributed by atoms with E-state index in [1.54, 1.807) is 19.3 Å². The fraction of sp³-hybridized carbons (Fsp3) is 0.150. The van der Waals surface area contributed by atoms with Gasteiger partial charge in [0.1, 0.15) is 0 Å². The summed E-state index contributed by atoms with van der Waals surface area (Å²) < 4.78 is 0. The van der Waals surface area contributed by atoms with Gasteiger partial charge in [-0.25, -0.2) is 0 Å². The van der Waals surface area contributed by atoms with Gasteiger partial charge in [0.05, 0.1) is 5.70 Å². The normalized spacial score (nSPS) is 19.1. The fourth-order valence-corrected chi connectivity index (χ4v) is 3.68. The molecule has 0 fully saturated rings. The summed E-state index contributed by atoms with van der Waals surface area (Å²) in [6.07, 6.45) is 3.42. The molecule has 0 bridgehead atoms. The number of rotatable bonds is 2. The Balaban J connectivity index is 1.98. The monoisotopic (exact) mass is 316 g/mol. The van der Waals surface area contributed by atoms with Gasteiger partial charge in [0.15, 0.2) is 11.6 Å². The van der Waals surface area contributed by atoms with E-state index in [4.69, 9.17) is 0 Å². The molecule has 4 rings (SSSR count). The third-order valence-corrected chi connectivity index (χ3v) is 4.65. The van der Waals surface area contributed by atoms with E-state index in [1.807, 2.05) is 43.3 Å². The van der Waals surface area contributed by atoms with Crippen LogP contribution in [0.2, 0.25) is 0 Å². The molecule has 24 heavy (non-hydrogen) atoms. The maximum Gasteiger partial charge on any atom is 0.192 e. The van der Waals surface area contributed by atoms with Crippen LogP contribution >= 0.6 is 0 Å². The Morgan fingerprint density at radius 1 is 1.12 bits per heavy atom. The summed E-state index contributed by atoms with van der Waals surface area (Å²) in [5.41, 5.74) is 5.31. The first-order chi connectivity index (χ1) is 11.6. The number of pyridine rings is 1. The number of nitrogens with one attached hydrogen (secondary N) is 1. The molecule has 2 aromatic rings. The van der Waals surface area contributed by atoms with Gasteiger partial charge in [-0.2, -0.15) is 0 Å². The molecule has 1 aliphatic heterocycles. The van der Waals surface area contributed by atoms with Crippen molar-refractivity contribution in [3.63, 3.8) is 0 Å².